The number of anilines is 2. The lowest BCUT2D eigenvalue weighted by molar-refractivity contribution is 0.557. The summed E-state index contributed by atoms with van der Waals surface area (Å²) in [4.78, 5) is 0. The minimum atomic E-state index is -0.314. The highest BCUT2D eigenvalue weighted by Crippen LogP contribution is 2.25. The largest absolute Gasteiger partial charge is 0.397 e. The van der Waals surface area contributed by atoms with E-state index in [1.54, 1.807) is 6.07 Å². The van der Waals surface area contributed by atoms with Crippen LogP contribution < -0.4 is 11.1 Å². The van der Waals surface area contributed by atoms with Crippen LogP contribution in [0.15, 0.2) is 48.5 Å². The molecule has 0 heterocycles. The Morgan fingerprint density at radius 2 is 1.79 bits per heavy atom. The van der Waals surface area contributed by atoms with Gasteiger partial charge in [0.2, 0.25) is 0 Å². The lowest BCUT2D eigenvalue weighted by Crippen LogP contribution is -2.27. The summed E-state index contributed by atoms with van der Waals surface area (Å²) in [6.45, 7) is 5.05. The lowest BCUT2D eigenvalue weighted by Gasteiger charge is -2.26. The Balaban J connectivity index is 2.09. The Labute approximate surface area is 113 Å². The van der Waals surface area contributed by atoms with E-state index in [9.17, 15) is 4.39 Å². The van der Waals surface area contributed by atoms with E-state index in [1.807, 2.05) is 18.2 Å². The minimum absolute atomic E-state index is 0.0257. The number of nitrogens with one attached hydrogen (secondary N) is 1. The van der Waals surface area contributed by atoms with E-state index in [4.69, 9.17) is 5.73 Å². The standard InChI is InChI=1S/C16H19FN2/c1-16(2,12-6-4-3-5-7-12)11-19-15-9-8-13(17)10-14(15)18/h3-10,19H,11,18H2,1-2H3. The Morgan fingerprint density at radius 3 is 2.42 bits per heavy atom. The van der Waals surface area contributed by atoms with Crippen molar-refractivity contribution >= 4 is 11.4 Å². The maximum absolute atomic E-state index is 13.0. The molecule has 0 spiro atoms. The zero-order chi connectivity index (χ0) is 13.9. The quantitative estimate of drug-likeness (QED) is 0.819. The molecular formula is C16H19FN2. The van der Waals surface area contributed by atoms with E-state index in [0.29, 0.717) is 5.69 Å². The topological polar surface area (TPSA) is 38.0 Å². The van der Waals surface area contributed by atoms with E-state index in [-0.39, 0.29) is 11.2 Å². The Kier molecular flexibility index (Phi) is 3.74. The highest BCUT2D eigenvalue weighted by atomic mass is 19.1. The second-order valence-electron chi connectivity index (χ2n) is 5.34. The third kappa shape index (κ3) is 3.25. The van der Waals surface area contributed by atoms with Crippen LogP contribution in [0.2, 0.25) is 0 Å². The molecule has 0 bridgehead atoms. The summed E-state index contributed by atoms with van der Waals surface area (Å²) in [6, 6.07) is 14.7. The number of hydrogen-bond acceptors (Lipinski definition) is 2. The van der Waals surface area contributed by atoms with E-state index >= 15 is 0 Å². The van der Waals surface area contributed by atoms with Gasteiger partial charge in [0, 0.05) is 12.0 Å². The monoisotopic (exact) mass is 258 g/mol. The molecule has 2 aromatic carbocycles. The second-order valence-corrected chi connectivity index (χ2v) is 5.34. The molecule has 0 atom stereocenters. The van der Waals surface area contributed by atoms with Gasteiger partial charge in [-0.2, -0.15) is 0 Å². The fourth-order valence-electron chi connectivity index (χ4n) is 2.00. The first-order chi connectivity index (χ1) is 8.99. The van der Waals surface area contributed by atoms with Gasteiger partial charge in [-0.3, -0.25) is 0 Å². The SMILES string of the molecule is CC(C)(CNc1ccc(F)cc1N)c1ccccc1. The molecule has 0 saturated carbocycles. The van der Waals surface area contributed by atoms with Crippen molar-refractivity contribution in [3.05, 3.63) is 59.9 Å². The fourth-order valence-corrected chi connectivity index (χ4v) is 2.00. The van der Waals surface area contributed by atoms with Crippen LogP contribution in [0, 0.1) is 5.82 Å². The maximum atomic E-state index is 13.0. The molecule has 0 aliphatic rings. The molecular weight excluding hydrogens is 239 g/mol. The fraction of sp³-hybridized carbons (Fsp3) is 0.250. The highest BCUT2D eigenvalue weighted by Gasteiger charge is 2.20. The van der Waals surface area contributed by atoms with Crippen LogP contribution in [0.4, 0.5) is 15.8 Å². The number of benzene rings is 2. The summed E-state index contributed by atoms with van der Waals surface area (Å²) in [7, 11) is 0. The molecule has 0 aliphatic carbocycles. The van der Waals surface area contributed by atoms with Gasteiger partial charge in [-0.15, -0.1) is 0 Å². The van der Waals surface area contributed by atoms with Gasteiger partial charge in [-0.05, 0) is 23.8 Å². The third-order valence-electron chi connectivity index (χ3n) is 3.29. The molecule has 100 valence electrons. The van der Waals surface area contributed by atoms with Gasteiger partial charge < -0.3 is 11.1 Å². The maximum Gasteiger partial charge on any atom is 0.125 e. The van der Waals surface area contributed by atoms with Crippen LogP contribution in [-0.2, 0) is 5.41 Å². The molecule has 3 heteroatoms. The van der Waals surface area contributed by atoms with Crippen LogP contribution >= 0.6 is 0 Å². The van der Waals surface area contributed by atoms with Crippen molar-refractivity contribution in [3.63, 3.8) is 0 Å². The van der Waals surface area contributed by atoms with Gasteiger partial charge in [0.1, 0.15) is 5.82 Å². The molecule has 2 nitrogen and oxygen atoms in total. The molecule has 3 N–H and O–H groups in total. The van der Waals surface area contributed by atoms with Crippen LogP contribution in [-0.4, -0.2) is 6.54 Å². The molecule has 2 aromatic rings. The highest BCUT2D eigenvalue weighted by molar-refractivity contribution is 5.66. The van der Waals surface area contributed by atoms with Crippen molar-refractivity contribution < 1.29 is 4.39 Å². The van der Waals surface area contributed by atoms with Gasteiger partial charge >= 0.3 is 0 Å². The Bertz CT molecular complexity index is 550. The zero-order valence-corrected chi connectivity index (χ0v) is 11.3. The van der Waals surface area contributed by atoms with E-state index < -0.39 is 0 Å². The smallest absolute Gasteiger partial charge is 0.125 e. The average Bonchev–Trinajstić information content (AvgIpc) is 2.39. The number of halogens is 1. The predicted octanol–water partition coefficient (Wildman–Crippen LogP) is 3.80. The predicted molar refractivity (Wildman–Crippen MR) is 78.8 cm³/mol. The molecule has 0 aliphatic heterocycles. The summed E-state index contributed by atoms with van der Waals surface area (Å²) in [5, 5.41) is 3.29. The van der Waals surface area contributed by atoms with Crippen molar-refractivity contribution in [2.45, 2.75) is 19.3 Å². The van der Waals surface area contributed by atoms with Gasteiger partial charge in [-0.1, -0.05) is 44.2 Å². The van der Waals surface area contributed by atoms with Gasteiger partial charge in [0.15, 0.2) is 0 Å². The molecule has 0 aromatic heterocycles. The third-order valence-corrected chi connectivity index (χ3v) is 3.29. The van der Waals surface area contributed by atoms with Crippen LogP contribution in [0.3, 0.4) is 0 Å². The number of nitrogen functional groups attached to an aromatic ring is 1. The molecule has 0 radical (unpaired) electrons. The van der Waals surface area contributed by atoms with Gasteiger partial charge in [-0.25, -0.2) is 4.39 Å². The summed E-state index contributed by atoms with van der Waals surface area (Å²) in [5.74, 6) is -0.314. The lowest BCUT2D eigenvalue weighted by atomic mass is 9.84. The van der Waals surface area contributed by atoms with Crippen molar-refractivity contribution in [1.29, 1.82) is 0 Å². The first-order valence-electron chi connectivity index (χ1n) is 6.33. The van der Waals surface area contributed by atoms with Crippen LogP contribution in [0.5, 0.6) is 0 Å². The van der Waals surface area contributed by atoms with Gasteiger partial charge in [0.25, 0.3) is 0 Å². The number of rotatable bonds is 4. The molecule has 0 fully saturated rings. The van der Waals surface area contributed by atoms with Crippen molar-refractivity contribution in [2.24, 2.45) is 0 Å². The van der Waals surface area contributed by atoms with Crippen molar-refractivity contribution in [1.82, 2.24) is 0 Å². The summed E-state index contributed by atoms with van der Waals surface area (Å²) >= 11 is 0. The summed E-state index contributed by atoms with van der Waals surface area (Å²) < 4.78 is 13.0. The summed E-state index contributed by atoms with van der Waals surface area (Å²) in [6.07, 6.45) is 0. The zero-order valence-electron chi connectivity index (χ0n) is 11.3. The summed E-state index contributed by atoms with van der Waals surface area (Å²) in [5.41, 5.74) is 8.22. The average molecular weight is 258 g/mol. The molecule has 0 amide bonds. The molecule has 2 rings (SSSR count). The Morgan fingerprint density at radius 1 is 1.11 bits per heavy atom. The van der Waals surface area contributed by atoms with E-state index in [1.165, 1.54) is 17.7 Å². The van der Waals surface area contributed by atoms with E-state index in [2.05, 4.69) is 31.3 Å². The van der Waals surface area contributed by atoms with E-state index in [0.717, 1.165) is 12.2 Å². The minimum Gasteiger partial charge on any atom is -0.397 e. The number of hydrogen-bond donors (Lipinski definition) is 2. The van der Waals surface area contributed by atoms with Crippen LogP contribution in [0.25, 0.3) is 0 Å². The first-order valence-corrected chi connectivity index (χ1v) is 6.33. The molecule has 0 unspecified atom stereocenters. The normalized spacial score (nSPS) is 11.3. The second kappa shape index (κ2) is 5.31. The van der Waals surface area contributed by atoms with Crippen molar-refractivity contribution in [3.8, 4) is 0 Å². The van der Waals surface area contributed by atoms with Crippen molar-refractivity contribution in [2.75, 3.05) is 17.6 Å². The molecule has 19 heavy (non-hydrogen) atoms. The van der Waals surface area contributed by atoms with Gasteiger partial charge in [0.05, 0.1) is 11.4 Å². The first kappa shape index (κ1) is 13.4. The van der Waals surface area contributed by atoms with Crippen LogP contribution in [0.1, 0.15) is 19.4 Å². The molecule has 0 saturated heterocycles. The number of nitrogens with two attached hydrogens (primary N) is 1. The Hall–Kier alpha value is -2.03.